The number of aromatic nitrogens is 3. The molecule has 4 rings (SSSR count). The van der Waals surface area contributed by atoms with Gasteiger partial charge in [0.25, 0.3) is 5.91 Å². The third-order valence-corrected chi connectivity index (χ3v) is 6.80. The quantitative estimate of drug-likeness (QED) is 0.718. The Morgan fingerprint density at radius 1 is 1.21 bits per heavy atom. The van der Waals surface area contributed by atoms with Crippen LogP contribution in [-0.4, -0.2) is 77.7 Å². The lowest BCUT2D eigenvalue weighted by molar-refractivity contribution is 0.00167. The van der Waals surface area contributed by atoms with Gasteiger partial charge < -0.3 is 14.8 Å². The van der Waals surface area contributed by atoms with Crippen molar-refractivity contribution in [3.63, 3.8) is 0 Å². The minimum absolute atomic E-state index is 0.0574. The van der Waals surface area contributed by atoms with Gasteiger partial charge in [0.2, 0.25) is 0 Å². The molecule has 8 heteroatoms. The molecule has 0 saturated carbocycles. The van der Waals surface area contributed by atoms with Crippen LogP contribution < -0.4 is 5.32 Å². The molecule has 0 aromatic carbocycles. The number of morpholine rings is 1. The number of hydrogen-bond donors (Lipinski definition) is 1. The van der Waals surface area contributed by atoms with Crippen molar-refractivity contribution in [3.05, 3.63) is 23.0 Å². The standard InChI is InChI=1S/C25H39N5O3/c1-16(2)20-13-19(22-17(3)28-30(23(22)27-20)25(4,5)6)24(31)26-14-21(18-7-10-33-15-18)29-8-11-32-12-9-29/h13,16,18,21H,7-12,14-15H2,1-6H3,(H,26,31). The van der Waals surface area contributed by atoms with Gasteiger partial charge in [-0.2, -0.15) is 5.10 Å². The summed E-state index contributed by atoms with van der Waals surface area (Å²) in [7, 11) is 0. The number of ether oxygens (including phenoxy) is 2. The largest absolute Gasteiger partial charge is 0.381 e. The van der Waals surface area contributed by atoms with Crippen molar-refractivity contribution >= 4 is 16.9 Å². The van der Waals surface area contributed by atoms with Gasteiger partial charge in [-0.05, 0) is 46.1 Å². The van der Waals surface area contributed by atoms with Gasteiger partial charge in [-0.1, -0.05) is 13.8 Å². The number of carbonyl (C=O) groups excluding carboxylic acids is 1. The van der Waals surface area contributed by atoms with E-state index in [2.05, 4.69) is 44.8 Å². The summed E-state index contributed by atoms with van der Waals surface area (Å²) in [5.41, 5.74) is 2.96. The van der Waals surface area contributed by atoms with Crippen molar-refractivity contribution in [2.45, 2.75) is 65.5 Å². The van der Waals surface area contributed by atoms with E-state index in [-0.39, 0.29) is 23.4 Å². The first-order valence-electron chi connectivity index (χ1n) is 12.2. The van der Waals surface area contributed by atoms with E-state index in [0.29, 0.717) is 18.0 Å². The van der Waals surface area contributed by atoms with Gasteiger partial charge in [-0.15, -0.1) is 0 Å². The van der Waals surface area contributed by atoms with Crippen LogP contribution in [0.2, 0.25) is 0 Å². The molecule has 0 bridgehead atoms. The van der Waals surface area contributed by atoms with Gasteiger partial charge in [0.05, 0.1) is 42.0 Å². The molecule has 2 unspecified atom stereocenters. The van der Waals surface area contributed by atoms with Crippen molar-refractivity contribution in [1.82, 2.24) is 25.0 Å². The zero-order valence-corrected chi connectivity index (χ0v) is 21.0. The lowest BCUT2D eigenvalue weighted by Gasteiger charge is -2.37. The Bertz CT molecular complexity index is 982. The van der Waals surface area contributed by atoms with Crippen LogP contribution in [0.1, 0.15) is 68.7 Å². The summed E-state index contributed by atoms with van der Waals surface area (Å²) in [6, 6.07) is 2.20. The van der Waals surface area contributed by atoms with Crippen LogP contribution >= 0.6 is 0 Å². The number of aryl methyl sites for hydroxylation is 1. The van der Waals surface area contributed by atoms with E-state index in [0.717, 1.165) is 68.4 Å². The van der Waals surface area contributed by atoms with Gasteiger partial charge in [0, 0.05) is 43.9 Å². The Hall–Kier alpha value is -2.03. The Balaban J connectivity index is 1.64. The first kappa shape index (κ1) is 24.1. The predicted molar refractivity (Wildman–Crippen MR) is 129 cm³/mol. The number of carbonyl (C=O) groups is 1. The average molecular weight is 458 g/mol. The molecule has 1 amide bonds. The molecule has 8 nitrogen and oxygen atoms in total. The van der Waals surface area contributed by atoms with Gasteiger partial charge in [-0.25, -0.2) is 9.67 Å². The van der Waals surface area contributed by atoms with Crippen LogP contribution in [0.4, 0.5) is 0 Å². The Labute approximate surface area is 197 Å². The summed E-state index contributed by atoms with van der Waals surface area (Å²) >= 11 is 0. The number of nitrogens with one attached hydrogen (secondary N) is 1. The number of nitrogens with zero attached hydrogens (tertiary/aromatic N) is 4. The summed E-state index contributed by atoms with van der Waals surface area (Å²) in [5.74, 6) is 0.580. The highest BCUT2D eigenvalue weighted by Crippen LogP contribution is 2.29. The second-order valence-corrected chi connectivity index (χ2v) is 10.7. The monoisotopic (exact) mass is 457 g/mol. The highest BCUT2D eigenvalue weighted by atomic mass is 16.5. The fourth-order valence-corrected chi connectivity index (χ4v) is 4.90. The molecule has 0 radical (unpaired) electrons. The molecule has 2 aromatic rings. The highest BCUT2D eigenvalue weighted by molar-refractivity contribution is 6.06. The van der Waals surface area contributed by atoms with Crippen molar-refractivity contribution in [1.29, 1.82) is 0 Å². The predicted octanol–water partition coefficient (Wildman–Crippen LogP) is 3.09. The van der Waals surface area contributed by atoms with Crippen molar-refractivity contribution < 1.29 is 14.3 Å². The second kappa shape index (κ2) is 9.68. The van der Waals surface area contributed by atoms with Crippen molar-refractivity contribution in [2.75, 3.05) is 46.1 Å². The summed E-state index contributed by atoms with van der Waals surface area (Å²) in [6.07, 6.45) is 1.03. The van der Waals surface area contributed by atoms with E-state index in [1.165, 1.54) is 0 Å². The lowest BCUT2D eigenvalue weighted by Crippen LogP contribution is -2.52. The smallest absolute Gasteiger partial charge is 0.252 e. The molecule has 1 N–H and O–H groups in total. The van der Waals surface area contributed by atoms with Gasteiger partial charge in [-0.3, -0.25) is 9.69 Å². The van der Waals surface area contributed by atoms with E-state index in [1.54, 1.807) is 0 Å². The first-order valence-corrected chi connectivity index (χ1v) is 12.2. The summed E-state index contributed by atoms with van der Waals surface area (Å²) < 4.78 is 13.2. The fraction of sp³-hybridized carbons (Fsp3) is 0.720. The maximum Gasteiger partial charge on any atom is 0.252 e. The third kappa shape index (κ3) is 5.08. The van der Waals surface area contributed by atoms with Crippen molar-refractivity contribution in [3.8, 4) is 0 Å². The molecule has 2 atom stereocenters. The second-order valence-electron chi connectivity index (χ2n) is 10.7. The van der Waals surface area contributed by atoms with Crippen molar-refractivity contribution in [2.24, 2.45) is 5.92 Å². The molecule has 2 aromatic heterocycles. The number of rotatable bonds is 6. The Morgan fingerprint density at radius 2 is 1.94 bits per heavy atom. The number of hydrogen-bond acceptors (Lipinski definition) is 6. The summed E-state index contributed by atoms with van der Waals surface area (Å²) in [6.45, 7) is 17.9. The van der Waals surface area contributed by atoms with E-state index in [9.17, 15) is 4.79 Å². The molecule has 2 fully saturated rings. The number of pyridine rings is 1. The van der Waals surface area contributed by atoms with Gasteiger partial charge in [0.1, 0.15) is 0 Å². The maximum absolute atomic E-state index is 13.6. The van der Waals surface area contributed by atoms with Crippen LogP contribution in [0.25, 0.3) is 11.0 Å². The molecule has 2 aliphatic rings. The van der Waals surface area contributed by atoms with Crippen LogP contribution in [0.3, 0.4) is 0 Å². The van der Waals surface area contributed by atoms with Crippen LogP contribution in [0, 0.1) is 12.8 Å². The molecular weight excluding hydrogens is 418 g/mol. The molecule has 0 spiro atoms. The SMILES string of the molecule is Cc1nn(C(C)(C)C)c2nc(C(C)C)cc(C(=O)NCC(C3CCOC3)N3CCOCC3)c12. The molecule has 2 aliphatic heterocycles. The van der Waals surface area contributed by atoms with E-state index < -0.39 is 0 Å². The minimum atomic E-state index is -0.229. The van der Waals surface area contributed by atoms with Gasteiger partial charge >= 0.3 is 0 Å². The van der Waals surface area contributed by atoms with E-state index in [1.807, 2.05) is 17.7 Å². The highest BCUT2D eigenvalue weighted by Gasteiger charge is 2.32. The van der Waals surface area contributed by atoms with Crippen LogP contribution in [0.5, 0.6) is 0 Å². The lowest BCUT2D eigenvalue weighted by atomic mass is 9.96. The summed E-state index contributed by atoms with van der Waals surface area (Å²) in [5, 5.41) is 8.88. The Morgan fingerprint density at radius 3 is 2.55 bits per heavy atom. The maximum atomic E-state index is 13.6. The zero-order chi connectivity index (χ0) is 23.8. The van der Waals surface area contributed by atoms with Gasteiger partial charge in [0.15, 0.2) is 5.65 Å². The zero-order valence-electron chi connectivity index (χ0n) is 21.0. The normalized spacial score (nSPS) is 21.1. The molecular formula is C25H39N5O3. The van der Waals surface area contributed by atoms with E-state index >= 15 is 0 Å². The molecule has 2 saturated heterocycles. The first-order chi connectivity index (χ1) is 15.7. The van der Waals surface area contributed by atoms with Crippen LogP contribution in [-0.2, 0) is 15.0 Å². The fourth-order valence-electron chi connectivity index (χ4n) is 4.90. The number of fused-ring (bicyclic) bond motifs is 1. The topological polar surface area (TPSA) is 81.5 Å². The average Bonchev–Trinajstić information content (AvgIpc) is 3.42. The number of amides is 1. The third-order valence-electron chi connectivity index (χ3n) is 6.80. The summed E-state index contributed by atoms with van der Waals surface area (Å²) in [4.78, 5) is 21.0. The Kier molecular flexibility index (Phi) is 7.07. The molecule has 182 valence electrons. The van der Waals surface area contributed by atoms with Crippen LogP contribution in [0.15, 0.2) is 6.07 Å². The van der Waals surface area contributed by atoms with E-state index in [4.69, 9.17) is 19.6 Å². The molecule has 4 heterocycles. The molecule has 0 aliphatic carbocycles. The minimum Gasteiger partial charge on any atom is -0.381 e. The molecule has 33 heavy (non-hydrogen) atoms.